The summed E-state index contributed by atoms with van der Waals surface area (Å²) in [4.78, 5) is 28.9. The summed E-state index contributed by atoms with van der Waals surface area (Å²) < 4.78 is 0. The molecule has 4 fully saturated rings. The van der Waals surface area contributed by atoms with Crippen LogP contribution in [0.4, 0.5) is 5.69 Å². The van der Waals surface area contributed by atoms with Gasteiger partial charge in [-0.2, -0.15) is 0 Å². The Labute approximate surface area is 165 Å². The molecule has 0 saturated heterocycles. The van der Waals surface area contributed by atoms with E-state index in [9.17, 15) is 9.59 Å². The summed E-state index contributed by atoms with van der Waals surface area (Å²) in [5, 5.41) is 4.37. The number of aryl methyl sites for hydroxylation is 1. The van der Waals surface area contributed by atoms with Crippen molar-refractivity contribution in [3.8, 4) is 0 Å². The van der Waals surface area contributed by atoms with Gasteiger partial charge in [0.15, 0.2) is 0 Å². The minimum absolute atomic E-state index is 0.0479. The Balaban J connectivity index is 1.32. The molecular weight excluding hydrogens is 348 g/mol. The second-order valence-electron chi connectivity index (χ2n) is 10.0. The smallest absolute Gasteiger partial charge is 0.251 e. The van der Waals surface area contributed by atoms with E-state index < -0.39 is 0 Å². The van der Waals surface area contributed by atoms with Crippen LogP contribution in [0.2, 0.25) is 0 Å². The van der Waals surface area contributed by atoms with Gasteiger partial charge in [0, 0.05) is 16.6 Å². The van der Waals surface area contributed by atoms with Crippen molar-refractivity contribution in [2.75, 3.05) is 5.32 Å². The van der Waals surface area contributed by atoms with Gasteiger partial charge < -0.3 is 10.3 Å². The van der Waals surface area contributed by atoms with Gasteiger partial charge in [-0.3, -0.25) is 9.59 Å². The summed E-state index contributed by atoms with van der Waals surface area (Å²) in [6, 6.07) is 6.07. The first kappa shape index (κ1) is 16.8. The second kappa shape index (κ2) is 5.95. The molecule has 1 aromatic heterocycles. The maximum Gasteiger partial charge on any atom is 0.251 e. The molecule has 7 rings (SSSR count). The molecule has 2 N–H and O–H groups in total. The molecule has 2 aromatic rings. The van der Waals surface area contributed by atoms with E-state index in [1.54, 1.807) is 0 Å². The molecule has 0 radical (unpaired) electrons. The number of carbonyl (C=O) groups is 1. The molecule has 1 amide bonds. The minimum Gasteiger partial charge on any atom is -0.326 e. The average Bonchev–Trinajstić information content (AvgIpc) is 2.67. The van der Waals surface area contributed by atoms with E-state index in [0.29, 0.717) is 0 Å². The number of fused-ring (bicyclic) bond motifs is 3. The summed E-state index contributed by atoms with van der Waals surface area (Å²) in [5.41, 5.74) is 3.75. The number of hydrogen-bond acceptors (Lipinski definition) is 2. The van der Waals surface area contributed by atoms with E-state index >= 15 is 0 Å². The monoisotopic (exact) mass is 376 g/mol. The zero-order valence-corrected chi connectivity index (χ0v) is 16.4. The lowest BCUT2D eigenvalue weighted by Crippen LogP contribution is -2.51. The summed E-state index contributed by atoms with van der Waals surface area (Å²) in [7, 11) is 0. The van der Waals surface area contributed by atoms with Gasteiger partial charge in [0.25, 0.3) is 5.56 Å². The van der Waals surface area contributed by atoms with Crippen LogP contribution in [-0.4, -0.2) is 10.9 Å². The van der Waals surface area contributed by atoms with Crippen LogP contribution in [0.15, 0.2) is 23.0 Å². The van der Waals surface area contributed by atoms with E-state index in [4.69, 9.17) is 0 Å². The molecule has 4 saturated carbocycles. The number of nitrogens with one attached hydrogen (secondary N) is 2. The molecule has 28 heavy (non-hydrogen) atoms. The SMILES string of the molecule is O=C(Nc1ccc2c3c(c(=O)[nH]c2c1)CCCC3)C12CC3CC(CC(C3)C1)C2. The van der Waals surface area contributed by atoms with E-state index in [1.165, 1.54) is 24.8 Å². The first-order chi connectivity index (χ1) is 13.6. The lowest BCUT2D eigenvalue weighted by molar-refractivity contribution is -0.140. The van der Waals surface area contributed by atoms with Crippen LogP contribution < -0.4 is 10.9 Å². The normalized spacial score (nSPS) is 33.1. The van der Waals surface area contributed by atoms with Crippen LogP contribution >= 0.6 is 0 Å². The van der Waals surface area contributed by atoms with Gasteiger partial charge in [-0.1, -0.05) is 6.07 Å². The molecule has 0 unspecified atom stereocenters. The molecule has 4 heteroatoms. The zero-order valence-electron chi connectivity index (χ0n) is 16.4. The van der Waals surface area contributed by atoms with Gasteiger partial charge in [0.05, 0.1) is 10.9 Å². The van der Waals surface area contributed by atoms with Crippen LogP contribution in [0.1, 0.15) is 62.5 Å². The summed E-state index contributed by atoms with van der Waals surface area (Å²) in [6.07, 6.45) is 11.4. The van der Waals surface area contributed by atoms with E-state index in [1.807, 2.05) is 12.1 Å². The highest BCUT2D eigenvalue weighted by atomic mass is 16.2. The minimum atomic E-state index is -0.146. The highest BCUT2D eigenvalue weighted by Crippen LogP contribution is 2.60. The number of anilines is 1. The topological polar surface area (TPSA) is 62.0 Å². The molecule has 5 aliphatic carbocycles. The van der Waals surface area contributed by atoms with Crippen molar-refractivity contribution in [1.82, 2.24) is 4.98 Å². The van der Waals surface area contributed by atoms with Gasteiger partial charge in [-0.05, 0) is 99.7 Å². The fourth-order valence-corrected chi connectivity index (χ4v) is 7.29. The molecule has 0 aliphatic heterocycles. The quantitative estimate of drug-likeness (QED) is 0.807. The lowest BCUT2D eigenvalue weighted by atomic mass is 9.49. The zero-order chi connectivity index (χ0) is 18.9. The van der Waals surface area contributed by atoms with Gasteiger partial charge in [-0.25, -0.2) is 0 Å². The first-order valence-electron chi connectivity index (χ1n) is 11.1. The molecule has 4 bridgehead atoms. The Kier molecular flexibility index (Phi) is 3.57. The van der Waals surface area contributed by atoms with E-state index in [2.05, 4.69) is 16.4 Å². The van der Waals surface area contributed by atoms with Crippen LogP contribution in [0.25, 0.3) is 10.9 Å². The number of H-pyrrole nitrogens is 1. The Morgan fingerprint density at radius 3 is 2.29 bits per heavy atom. The fraction of sp³-hybridized carbons (Fsp3) is 0.583. The summed E-state index contributed by atoms with van der Waals surface area (Å²) in [6.45, 7) is 0. The Morgan fingerprint density at radius 2 is 1.61 bits per heavy atom. The van der Waals surface area contributed by atoms with Crippen molar-refractivity contribution in [3.05, 3.63) is 39.7 Å². The number of benzene rings is 1. The Hall–Kier alpha value is -2.10. The van der Waals surface area contributed by atoms with E-state index in [0.717, 1.165) is 84.9 Å². The number of amides is 1. The van der Waals surface area contributed by atoms with Crippen molar-refractivity contribution < 1.29 is 4.79 Å². The molecule has 146 valence electrons. The number of carbonyl (C=O) groups excluding carboxylic acids is 1. The van der Waals surface area contributed by atoms with Gasteiger partial charge in [-0.15, -0.1) is 0 Å². The molecule has 4 nitrogen and oxygen atoms in total. The largest absolute Gasteiger partial charge is 0.326 e. The summed E-state index contributed by atoms with van der Waals surface area (Å²) in [5.74, 6) is 2.50. The van der Waals surface area contributed by atoms with E-state index in [-0.39, 0.29) is 16.9 Å². The standard InChI is InChI=1S/C24H28N2O2/c27-22-20-4-2-1-3-18(20)19-6-5-17(10-21(19)26-22)25-23(28)24-11-14-7-15(12-24)9-16(8-14)13-24/h5-6,10,14-16H,1-4,7-9,11-13H2,(H,25,28)(H,26,27). The van der Waals surface area contributed by atoms with Crippen LogP contribution in [0.3, 0.4) is 0 Å². The van der Waals surface area contributed by atoms with Gasteiger partial charge in [0.1, 0.15) is 0 Å². The molecule has 0 atom stereocenters. The third-order valence-electron chi connectivity index (χ3n) is 8.11. The predicted molar refractivity (Wildman–Crippen MR) is 110 cm³/mol. The Bertz CT molecular complexity index is 1000. The van der Waals surface area contributed by atoms with Crippen molar-refractivity contribution in [3.63, 3.8) is 0 Å². The second-order valence-corrected chi connectivity index (χ2v) is 10.0. The lowest BCUT2D eigenvalue weighted by Gasteiger charge is -2.55. The predicted octanol–water partition coefficient (Wildman–Crippen LogP) is 4.56. The molecule has 1 aromatic carbocycles. The fourth-order valence-electron chi connectivity index (χ4n) is 7.29. The van der Waals surface area contributed by atoms with Crippen LogP contribution in [0.5, 0.6) is 0 Å². The van der Waals surface area contributed by atoms with Crippen molar-refractivity contribution >= 4 is 22.5 Å². The molecule has 0 spiro atoms. The first-order valence-corrected chi connectivity index (χ1v) is 11.1. The van der Waals surface area contributed by atoms with Crippen molar-refractivity contribution in [2.24, 2.45) is 23.2 Å². The molecule has 5 aliphatic rings. The van der Waals surface area contributed by atoms with Crippen LogP contribution in [-0.2, 0) is 17.6 Å². The number of aromatic amines is 1. The maximum atomic E-state index is 13.3. The Morgan fingerprint density at radius 1 is 0.964 bits per heavy atom. The number of rotatable bonds is 2. The highest BCUT2D eigenvalue weighted by Gasteiger charge is 2.54. The van der Waals surface area contributed by atoms with Crippen molar-refractivity contribution in [1.29, 1.82) is 0 Å². The number of pyridine rings is 1. The van der Waals surface area contributed by atoms with Crippen LogP contribution in [0, 0.1) is 23.2 Å². The van der Waals surface area contributed by atoms with Gasteiger partial charge in [0.2, 0.25) is 5.91 Å². The summed E-state index contributed by atoms with van der Waals surface area (Å²) >= 11 is 0. The van der Waals surface area contributed by atoms with Crippen molar-refractivity contribution in [2.45, 2.75) is 64.2 Å². The third kappa shape index (κ3) is 2.49. The molecule has 1 heterocycles. The number of hydrogen-bond donors (Lipinski definition) is 2. The maximum absolute atomic E-state index is 13.3. The molecular formula is C24H28N2O2. The highest BCUT2D eigenvalue weighted by molar-refractivity contribution is 5.97. The third-order valence-corrected chi connectivity index (χ3v) is 8.11. The average molecular weight is 377 g/mol. The van der Waals surface area contributed by atoms with Gasteiger partial charge >= 0.3 is 0 Å². The number of aromatic nitrogens is 1.